The Kier molecular flexibility index (Phi) is 5.23. The molecule has 0 saturated heterocycles. The quantitative estimate of drug-likeness (QED) is 0.410. The zero-order valence-electron chi connectivity index (χ0n) is 17.8. The Morgan fingerprint density at radius 2 is 1.72 bits per heavy atom. The van der Waals surface area contributed by atoms with E-state index in [9.17, 15) is 9.18 Å². The van der Waals surface area contributed by atoms with Gasteiger partial charge in [0.25, 0.3) is 0 Å². The second-order valence-corrected chi connectivity index (χ2v) is 7.95. The highest BCUT2D eigenvalue weighted by Gasteiger charge is 2.33. The van der Waals surface area contributed by atoms with Crippen molar-refractivity contribution in [2.75, 3.05) is 5.32 Å². The number of amides is 2. The van der Waals surface area contributed by atoms with Crippen molar-refractivity contribution in [1.82, 2.24) is 9.47 Å². The van der Waals surface area contributed by atoms with Crippen LogP contribution in [0.2, 0.25) is 0 Å². The number of aromatic nitrogens is 1. The molecule has 0 fully saturated rings. The highest BCUT2D eigenvalue weighted by atomic mass is 19.1. The molecule has 32 heavy (non-hydrogen) atoms. The van der Waals surface area contributed by atoms with Gasteiger partial charge in [0.1, 0.15) is 5.82 Å². The van der Waals surface area contributed by atoms with Gasteiger partial charge < -0.3 is 14.8 Å². The average molecular weight is 426 g/mol. The lowest BCUT2D eigenvalue weighted by Crippen LogP contribution is -2.38. The van der Waals surface area contributed by atoms with Crippen molar-refractivity contribution in [2.24, 2.45) is 0 Å². The summed E-state index contributed by atoms with van der Waals surface area (Å²) in [5, 5.41) is 3.13. The standard InChI is InChI=1S/C27H24FN3O/c1-2-19-8-3-5-10-23(19)29-27(32)31-18-21-9-4-6-11-24(21)30-17-7-12-25(30)26(31)20-13-15-22(28)16-14-20/h3-17,26H,2,18H2,1H3,(H,29,32)/t26-/m1/s1. The van der Waals surface area contributed by atoms with Crippen LogP contribution in [0.15, 0.2) is 91.1 Å². The van der Waals surface area contributed by atoms with Crippen molar-refractivity contribution in [3.05, 3.63) is 119 Å². The van der Waals surface area contributed by atoms with Crippen molar-refractivity contribution in [2.45, 2.75) is 25.9 Å². The number of hydrogen-bond donors (Lipinski definition) is 1. The van der Waals surface area contributed by atoms with Crippen molar-refractivity contribution in [1.29, 1.82) is 0 Å². The third kappa shape index (κ3) is 3.56. The van der Waals surface area contributed by atoms with Crippen LogP contribution in [0, 0.1) is 5.82 Å². The molecule has 0 saturated carbocycles. The van der Waals surface area contributed by atoms with E-state index in [1.54, 1.807) is 12.1 Å². The summed E-state index contributed by atoms with van der Waals surface area (Å²) in [4.78, 5) is 15.5. The minimum atomic E-state index is -0.369. The summed E-state index contributed by atoms with van der Waals surface area (Å²) in [6, 6.07) is 25.8. The first-order chi connectivity index (χ1) is 15.7. The van der Waals surface area contributed by atoms with Crippen LogP contribution in [0.5, 0.6) is 0 Å². The lowest BCUT2D eigenvalue weighted by atomic mass is 10.0. The highest BCUT2D eigenvalue weighted by molar-refractivity contribution is 5.91. The first-order valence-electron chi connectivity index (χ1n) is 10.8. The number of fused-ring (bicyclic) bond motifs is 3. The molecule has 1 aliphatic rings. The molecule has 1 aromatic heterocycles. The Morgan fingerprint density at radius 1 is 0.969 bits per heavy atom. The van der Waals surface area contributed by atoms with Gasteiger partial charge in [-0.1, -0.05) is 55.5 Å². The third-order valence-corrected chi connectivity index (χ3v) is 6.05. The van der Waals surface area contributed by atoms with E-state index in [0.29, 0.717) is 6.54 Å². The zero-order valence-corrected chi connectivity index (χ0v) is 17.8. The summed E-state index contributed by atoms with van der Waals surface area (Å²) in [6.45, 7) is 2.50. The molecule has 5 heteroatoms. The van der Waals surface area contributed by atoms with E-state index in [2.05, 4.69) is 22.9 Å². The molecule has 0 aliphatic carbocycles. The summed E-state index contributed by atoms with van der Waals surface area (Å²) in [5.74, 6) is -0.297. The van der Waals surface area contributed by atoms with Gasteiger partial charge >= 0.3 is 6.03 Å². The van der Waals surface area contributed by atoms with E-state index < -0.39 is 0 Å². The first-order valence-corrected chi connectivity index (χ1v) is 10.8. The van der Waals surface area contributed by atoms with E-state index in [1.165, 1.54) is 12.1 Å². The van der Waals surface area contributed by atoms with E-state index >= 15 is 0 Å². The van der Waals surface area contributed by atoms with Gasteiger partial charge in [0.15, 0.2) is 0 Å². The van der Waals surface area contributed by atoms with Crippen LogP contribution in [-0.2, 0) is 13.0 Å². The lowest BCUT2D eigenvalue weighted by molar-refractivity contribution is 0.194. The molecular weight excluding hydrogens is 401 g/mol. The number of hydrogen-bond acceptors (Lipinski definition) is 1. The third-order valence-electron chi connectivity index (χ3n) is 6.05. The van der Waals surface area contributed by atoms with Gasteiger partial charge in [-0.25, -0.2) is 9.18 Å². The van der Waals surface area contributed by atoms with Crippen LogP contribution < -0.4 is 5.32 Å². The molecule has 160 valence electrons. The van der Waals surface area contributed by atoms with Crippen molar-refractivity contribution in [3.8, 4) is 5.69 Å². The minimum Gasteiger partial charge on any atom is -0.318 e. The lowest BCUT2D eigenvalue weighted by Gasteiger charge is -2.31. The molecule has 5 rings (SSSR count). The van der Waals surface area contributed by atoms with Gasteiger partial charge in [-0.2, -0.15) is 0 Å². The molecule has 4 aromatic rings. The smallest absolute Gasteiger partial charge is 0.318 e. The van der Waals surface area contributed by atoms with Crippen molar-refractivity contribution < 1.29 is 9.18 Å². The number of urea groups is 1. The van der Waals surface area contributed by atoms with Gasteiger partial charge in [-0.05, 0) is 59.5 Å². The van der Waals surface area contributed by atoms with Crippen LogP contribution in [0.1, 0.15) is 35.3 Å². The summed E-state index contributed by atoms with van der Waals surface area (Å²) >= 11 is 0. The summed E-state index contributed by atoms with van der Waals surface area (Å²) < 4.78 is 15.8. The van der Waals surface area contributed by atoms with Crippen molar-refractivity contribution >= 4 is 11.7 Å². The topological polar surface area (TPSA) is 37.3 Å². The van der Waals surface area contributed by atoms with E-state index in [-0.39, 0.29) is 17.9 Å². The maximum absolute atomic E-state index is 13.7. The maximum Gasteiger partial charge on any atom is 0.322 e. The summed E-state index contributed by atoms with van der Waals surface area (Å²) in [6.07, 6.45) is 2.84. The number of anilines is 1. The van der Waals surface area contributed by atoms with Crippen molar-refractivity contribution in [3.63, 3.8) is 0 Å². The fraction of sp³-hybridized carbons (Fsp3) is 0.148. The van der Waals surface area contributed by atoms with Crippen LogP contribution in [0.3, 0.4) is 0 Å². The molecule has 0 bridgehead atoms. The average Bonchev–Trinajstić information content (AvgIpc) is 3.24. The summed E-state index contributed by atoms with van der Waals surface area (Å²) in [5.41, 5.74) is 5.81. The number of halogens is 1. The second-order valence-electron chi connectivity index (χ2n) is 7.95. The Balaban J connectivity index is 1.63. The van der Waals surface area contributed by atoms with Gasteiger partial charge in [0.05, 0.1) is 18.3 Å². The fourth-order valence-corrected chi connectivity index (χ4v) is 4.47. The predicted octanol–water partition coefficient (Wildman–Crippen LogP) is 6.32. The Hall–Kier alpha value is -3.86. The normalized spacial score (nSPS) is 14.9. The molecule has 1 N–H and O–H groups in total. The van der Waals surface area contributed by atoms with E-state index in [0.717, 1.165) is 40.2 Å². The number of rotatable bonds is 3. The molecule has 0 radical (unpaired) electrons. The molecular formula is C27H24FN3O. The number of benzene rings is 3. The highest BCUT2D eigenvalue weighted by Crippen LogP contribution is 2.37. The SMILES string of the molecule is CCc1ccccc1NC(=O)N1Cc2ccccc2-n2cccc2[C@H]1c1ccc(F)cc1. The first kappa shape index (κ1) is 20.1. The number of para-hydroxylation sites is 2. The molecule has 1 aliphatic heterocycles. The zero-order chi connectivity index (χ0) is 22.1. The number of carbonyl (C=O) groups excluding carboxylic acids is 1. The van der Waals surface area contributed by atoms with Crippen LogP contribution >= 0.6 is 0 Å². The number of aryl methyl sites for hydroxylation is 1. The molecule has 0 unspecified atom stereocenters. The molecule has 4 nitrogen and oxygen atoms in total. The Bertz CT molecular complexity index is 1260. The fourth-order valence-electron chi connectivity index (χ4n) is 4.47. The maximum atomic E-state index is 13.7. The monoisotopic (exact) mass is 425 g/mol. The van der Waals surface area contributed by atoms with Gasteiger partial charge in [-0.15, -0.1) is 0 Å². The largest absolute Gasteiger partial charge is 0.322 e. The molecule has 1 atom stereocenters. The number of carbonyl (C=O) groups is 1. The van der Waals surface area contributed by atoms with Gasteiger partial charge in [-0.3, -0.25) is 0 Å². The number of nitrogens with zero attached hydrogens (tertiary/aromatic N) is 2. The van der Waals surface area contributed by atoms with Crippen LogP contribution in [0.4, 0.5) is 14.9 Å². The van der Waals surface area contributed by atoms with Crippen LogP contribution in [0.25, 0.3) is 5.69 Å². The van der Waals surface area contributed by atoms with Gasteiger partial charge in [0.2, 0.25) is 0 Å². The molecule has 0 spiro atoms. The molecule has 3 aromatic carbocycles. The Morgan fingerprint density at radius 3 is 2.53 bits per heavy atom. The van der Waals surface area contributed by atoms with Crippen LogP contribution in [-0.4, -0.2) is 15.5 Å². The number of nitrogens with one attached hydrogen (secondary N) is 1. The molecule has 2 heterocycles. The predicted molar refractivity (Wildman–Crippen MR) is 124 cm³/mol. The van der Waals surface area contributed by atoms with E-state index in [1.807, 2.05) is 65.7 Å². The van der Waals surface area contributed by atoms with E-state index in [4.69, 9.17) is 0 Å². The Labute approximate surface area is 186 Å². The minimum absolute atomic E-state index is 0.190. The molecule has 2 amide bonds. The second kappa shape index (κ2) is 8.35. The van der Waals surface area contributed by atoms with Gasteiger partial charge in [0, 0.05) is 17.6 Å². The summed E-state index contributed by atoms with van der Waals surface area (Å²) in [7, 11) is 0.